The third-order valence-corrected chi connectivity index (χ3v) is 11.0. The SMILES string of the molecule is Cc1cccc(C)c1-c1nc2nc(c1F)OC[C@@H](CCC(C)(C)C)C(Cc1cncc(N(C)C3CCC3)n1)c1cccc(c1)S(=O)(=O)N2. The number of ether oxygens (including phenoxy) is 1. The summed E-state index contributed by atoms with van der Waals surface area (Å²) in [5.41, 5.74) is 3.83. The van der Waals surface area contributed by atoms with E-state index in [0.29, 0.717) is 18.0 Å². The van der Waals surface area contributed by atoms with Gasteiger partial charge in [0.1, 0.15) is 11.5 Å². The first kappa shape index (κ1) is 33.8. The molecule has 0 saturated heterocycles. The van der Waals surface area contributed by atoms with Crippen molar-refractivity contribution in [2.24, 2.45) is 11.3 Å². The van der Waals surface area contributed by atoms with E-state index in [1.807, 2.05) is 38.1 Å². The van der Waals surface area contributed by atoms with Crippen LogP contribution in [-0.2, 0) is 16.4 Å². The minimum Gasteiger partial charge on any atom is -0.475 e. The molecule has 6 rings (SSSR count). The zero-order valence-corrected chi connectivity index (χ0v) is 29.4. The molecule has 2 atom stereocenters. The van der Waals surface area contributed by atoms with E-state index in [9.17, 15) is 8.42 Å². The molecule has 1 fully saturated rings. The Morgan fingerprint density at radius 2 is 1.75 bits per heavy atom. The number of anilines is 2. The van der Waals surface area contributed by atoms with Crippen LogP contribution in [0, 0.1) is 31.0 Å². The van der Waals surface area contributed by atoms with Crippen molar-refractivity contribution in [2.75, 3.05) is 23.3 Å². The van der Waals surface area contributed by atoms with Crippen LogP contribution in [0.3, 0.4) is 0 Å². The molecular formula is C37H45FN6O3S. The van der Waals surface area contributed by atoms with Crippen LogP contribution in [0.2, 0.25) is 0 Å². The zero-order chi connectivity index (χ0) is 34.2. The number of rotatable bonds is 7. The summed E-state index contributed by atoms with van der Waals surface area (Å²) in [6.07, 6.45) is 9.20. The lowest BCUT2D eigenvalue weighted by Gasteiger charge is -2.35. The third-order valence-electron chi connectivity index (χ3n) is 9.71. The molecule has 0 radical (unpaired) electrons. The summed E-state index contributed by atoms with van der Waals surface area (Å²) in [5, 5.41) is 0. The van der Waals surface area contributed by atoms with Gasteiger partial charge in [-0.2, -0.15) is 9.37 Å². The monoisotopic (exact) mass is 672 g/mol. The maximum Gasteiger partial charge on any atom is 0.264 e. The van der Waals surface area contributed by atoms with Crippen LogP contribution in [0.25, 0.3) is 11.3 Å². The summed E-state index contributed by atoms with van der Waals surface area (Å²) >= 11 is 0. The van der Waals surface area contributed by atoms with Crippen LogP contribution in [0.4, 0.5) is 16.2 Å². The smallest absolute Gasteiger partial charge is 0.264 e. The number of fused-ring (bicyclic) bond motifs is 4. The molecule has 2 aromatic heterocycles. The summed E-state index contributed by atoms with van der Waals surface area (Å²) in [6, 6.07) is 13.1. The van der Waals surface area contributed by atoms with E-state index < -0.39 is 15.8 Å². The molecule has 0 spiro atoms. The van der Waals surface area contributed by atoms with Crippen molar-refractivity contribution in [2.45, 2.75) is 90.0 Å². The fraction of sp³-hybridized carbons (Fsp3) is 0.459. The second kappa shape index (κ2) is 13.4. The van der Waals surface area contributed by atoms with E-state index in [2.05, 4.69) is 52.4 Å². The molecule has 11 heteroatoms. The number of hydrogen-bond donors (Lipinski definition) is 1. The fourth-order valence-corrected chi connectivity index (χ4v) is 7.62. The predicted molar refractivity (Wildman–Crippen MR) is 186 cm³/mol. The average molecular weight is 673 g/mol. The van der Waals surface area contributed by atoms with Gasteiger partial charge in [-0.3, -0.25) is 4.98 Å². The highest BCUT2D eigenvalue weighted by atomic mass is 32.2. The van der Waals surface area contributed by atoms with E-state index in [4.69, 9.17) is 9.72 Å². The van der Waals surface area contributed by atoms with Gasteiger partial charge < -0.3 is 9.64 Å². The highest BCUT2D eigenvalue weighted by Gasteiger charge is 2.31. The van der Waals surface area contributed by atoms with Crippen molar-refractivity contribution in [1.29, 1.82) is 0 Å². The van der Waals surface area contributed by atoms with Crippen LogP contribution >= 0.6 is 0 Å². The van der Waals surface area contributed by atoms with E-state index in [0.717, 1.165) is 53.9 Å². The number of halogens is 1. The number of hydrogen-bond acceptors (Lipinski definition) is 8. The predicted octanol–water partition coefficient (Wildman–Crippen LogP) is 7.64. The average Bonchev–Trinajstić information content (AvgIpc) is 3.00. The quantitative estimate of drug-likeness (QED) is 0.213. The number of sulfonamides is 1. The summed E-state index contributed by atoms with van der Waals surface area (Å²) in [6.45, 7) is 10.5. The Hall–Kier alpha value is -4.12. The van der Waals surface area contributed by atoms with Crippen molar-refractivity contribution in [3.8, 4) is 17.1 Å². The molecule has 1 unspecified atom stereocenters. The van der Waals surface area contributed by atoms with Crippen molar-refractivity contribution < 1.29 is 17.5 Å². The second-order valence-electron chi connectivity index (χ2n) is 14.5. The maximum absolute atomic E-state index is 16.4. The second-order valence-corrected chi connectivity index (χ2v) is 16.2. The molecule has 2 aromatic carbocycles. The molecule has 4 bridgehead atoms. The van der Waals surface area contributed by atoms with Crippen molar-refractivity contribution in [3.63, 3.8) is 0 Å². The van der Waals surface area contributed by atoms with Crippen LogP contribution in [0.1, 0.15) is 81.2 Å². The minimum atomic E-state index is -4.14. The fourth-order valence-electron chi connectivity index (χ4n) is 6.62. The molecular weight excluding hydrogens is 628 g/mol. The van der Waals surface area contributed by atoms with E-state index in [1.165, 1.54) is 6.42 Å². The Balaban J connectivity index is 1.46. The first-order chi connectivity index (χ1) is 22.8. The summed E-state index contributed by atoms with van der Waals surface area (Å²) < 4.78 is 52.8. The van der Waals surface area contributed by atoms with E-state index in [-0.39, 0.29) is 46.3 Å². The van der Waals surface area contributed by atoms with Crippen molar-refractivity contribution in [1.82, 2.24) is 19.9 Å². The van der Waals surface area contributed by atoms with Gasteiger partial charge in [-0.1, -0.05) is 51.1 Å². The van der Waals surface area contributed by atoms with Gasteiger partial charge in [0.25, 0.3) is 15.9 Å². The molecule has 2 aliphatic rings. The van der Waals surface area contributed by atoms with Gasteiger partial charge in [-0.05, 0) is 92.5 Å². The summed E-state index contributed by atoms with van der Waals surface area (Å²) in [5.74, 6) is -0.778. The molecule has 9 nitrogen and oxygen atoms in total. The molecule has 1 aliphatic carbocycles. The van der Waals surface area contributed by atoms with E-state index in [1.54, 1.807) is 30.6 Å². The summed E-state index contributed by atoms with van der Waals surface area (Å²) in [4.78, 5) is 20.5. The van der Waals surface area contributed by atoms with Gasteiger partial charge in [0.05, 0.1) is 23.4 Å². The Kier molecular flexibility index (Phi) is 9.44. The first-order valence-corrected chi connectivity index (χ1v) is 18.2. The Morgan fingerprint density at radius 3 is 2.44 bits per heavy atom. The van der Waals surface area contributed by atoms with Gasteiger partial charge in [0, 0.05) is 30.8 Å². The van der Waals surface area contributed by atoms with Gasteiger partial charge in [-0.15, -0.1) is 0 Å². The number of aryl methyl sites for hydroxylation is 2. The zero-order valence-electron chi connectivity index (χ0n) is 28.6. The van der Waals surface area contributed by atoms with E-state index >= 15 is 4.39 Å². The molecule has 1 N–H and O–H groups in total. The number of nitrogens with one attached hydrogen (secondary N) is 1. The van der Waals surface area contributed by atoms with Gasteiger partial charge >= 0.3 is 0 Å². The molecule has 1 aliphatic heterocycles. The Labute approximate surface area is 283 Å². The van der Waals surface area contributed by atoms with Crippen LogP contribution in [-0.4, -0.2) is 48.1 Å². The summed E-state index contributed by atoms with van der Waals surface area (Å²) in [7, 11) is -2.08. The van der Waals surface area contributed by atoms with Crippen molar-refractivity contribution >= 4 is 21.8 Å². The molecule has 0 amide bonds. The third kappa shape index (κ3) is 7.31. The number of benzene rings is 2. The first-order valence-electron chi connectivity index (χ1n) is 16.7. The number of nitrogens with zero attached hydrogens (tertiary/aromatic N) is 5. The molecule has 4 aromatic rings. The van der Waals surface area contributed by atoms with Crippen LogP contribution < -0.4 is 14.4 Å². The van der Waals surface area contributed by atoms with Gasteiger partial charge in [-0.25, -0.2) is 23.1 Å². The lowest BCUT2D eigenvalue weighted by Crippen LogP contribution is -2.37. The van der Waals surface area contributed by atoms with Gasteiger partial charge in [0.2, 0.25) is 11.8 Å². The highest BCUT2D eigenvalue weighted by Crippen LogP contribution is 2.39. The topological polar surface area (TPSA) is 110 Å². The highest BCUT2D eigenvalue weighted by molar-refractivity contribution is 7.92. The lowest BCUT2D eigenvalue weighted by atomic mass is 9.77. The maximum atomic E-state index is 16.4. The lowest BCUT2D eigenvalue weighted by molar-refractivity contribution is 0.182. The van der Waals surface area contributed by atoms with Gasteiger partial charge in [0.15, 0.2) is 0 Å². The standard InChI is InChI=1S/C37H45FN6O3S/c1-23-10-7-11-24(2)32(23)34-33(38)35-42-36(41-34)43-48(45,46)29-15-8-12-25(18-29)30(26(22-47-35)16-17-37(3,4)5)19-27-20-39-21-31(40-27)44(6)28-13-9-14-28/h7-8,10-12,15,18,20-21,26,28,30H,9,13-14,16-17,19,22H2,1-6H3,(H,41,42,43)/t26-,30?/m1/s1. The normalized spacial score (nSPS) is 19.2. The molecule has 3 heterocycles. The molecule has 1 saturated carbocycles. The largest absolute Gasteiger partial charge is 0.475 e. The minimum absolute atomic E-state index is 0.00965. The molecule has 254 valence electrons. The van der Waals surface area contributed by atoms with Crippen LogP contribution in [0.15, 0.2) is 59.8 Å². The molecule has 48 heavy (non-hydrogen) atoms. The Bertz CT molecular complexity index is 1890. The van der Waals surface area contributed by atoms with Crippen LogP contribution in [0.5, 0.6) is 5.88 Å². The number of aromatic nitrogens is 4. The Morgan fingerprint density at radius 1 is 1.02 bits per heavy atom. The van der Waals surface area contributed by atoms with Crippen molar-refractivity contribution in [3.05, 3.63) is 83.1 Å².